The lowest BCUT2D eigenvalue weighted by Gasteiger charge is -2.15. The summed E-state index contributed by atoms with van der Waals surface area (Å²) in [5.41, 5.74) is 0. The molecular weight excluding hydrogens is 909 g/mol. The van der Waals surface area contributed by atoms with Crippen molar-refractivity contribution in [2.45, 2.75) is 225 Å². The molecule has 0 heterocycles. The van der Waals surface area contributed by atoms with Crippen LogP contribution < -0.4 is 0 Å². The van der Waals surface area contributed by atoms with Gasteiger partial charge in [-0.1, -0.05) is 254 Å². The van der Waals surface area contributed by atoms with Gasteiger partial charge in [0.2, 0.25) is 0 Å². The Labute approximate surface area is 455 Å². The number of allylic oxidation sites excluding steroid dienone is 30. The third kappa shape index (κ3) is 59.6. The number of carbonyl (C=O) groups excluding carboxylic acids is 2. The molecule has 0 amide bonds. The van der Waals surface area contributed by atoms with Gasteiger partial charge in [-0.05, 0) is 135 Å². The van der Waals surface area contributed by atoms with Gasteiger partial charge in [-0.3, -0.25) is 9.59 Å². The first kappa shape index (κ1) is 69.0. The number of carbonyl (C=O) groups is 2. The molecule has 412 valence electrons. The summed E-state index contributed by atoms with van der Waals surface area (Å²) in [7, 11) is 0. The van der Waals surface area contributed by atoms with E-state index in [1.165, 1.54) is 38.5 Å². The quantitative estimate of drug-likeness (QED) is 0.0373. The second-order valence-electron chi connectivity index (χ2n) is 18.6. The number of hydrogen-bond donors (Lipinski definition) is 1. The zero-order valence-electron chi connectivity index (χ0n) is 47.0. The number of aliphatic hydroxyl groups excluding tert-OH is 1. The largest absolute Gasteiger partial charge is 0.462 e. The molecule has 0 bridgehead atoms. The summed E-state index contributed by atoms with van der Waals surface area (Å²) >= 11 is 0. The van der Waals surface area contributed by atoms with E-state index in [1.807, 2.05) is 0 Å². The molecule has 0 saturated heterocycles. The second kappa shape index (κ2) is 62.3. The molecule has 0 aliphatic carbocycles. The van der Waals surface area contributed by atoms with Crippen LogP contribution in [0.3, 0.4) is 0 Å². The van der Waals surface area contributed by atoms with E-state index in [-0.39, 0.29) is 25.2 Å². The number of aliphatic hydroxyl groups is 1. The molecule has 5 heteroatoms. The molecule has 0 rings (SSSR count). The molecule has 0 aliphatic rings. The molecule has 0 saturated carbocycles. The molecule has 0 fully saturated rings. The molecular formula is C69H106O5. The van der Waals surface area contributed by atoms with Gasteiger partial charge in [-0.15, -0.1) is 0 Å². The molecule has 1 atom stereocenters. The standard InChI is InChI=1S/C69H106O5/c1-3-5-7-9-11-13-15-17-19-21-23-25-27-29-31-33-34-36-37-39-41-43-45-47-49-51-53-55-57-59-61-63-68(71)73-66-67(65-70)74-69(72)64-62-60-58-56-54-52-50-48-46-44-42-40-38-35-32-30-28-26-24-22-20-18-16-14-12-10-8-6-4-2/h5-8,11-14,17-20,23-26,29-32,34,36,38-41,44,46,50,52,67,70H,3-4,9-10,15-16,21-22,27-28,33,35,37,42-43,45,47-49,51,53-66H2,1-2H3/b7-5-,8-6-,13-11-,14-12-,19-17-,20-18-,25-23-,26-24-,31-29-,32-30-,36-34-,40-38-,41-39-,46-44-,52-50-. The van der Waals surface area contributed by atoms with Crippen LogP contribution in [0.1, 0.15) is 219 Å². The fourth-order valence-electron chi connectivity index (χ4n) is 7.37. The minimum absolute atomic E-state index is 0.0929. The van der Waals surface area contributed by atoms with Crippen molar-refractivity contribution in [1.29, 1.82) is 0 Å². The molecule has 0 aromatic carbocycles. The summed E-state index contributed by atoms with van der Waals surface area (Å²) in [5.74, 6) is -0.641. The minimum Gasteiger partial charge on any atom is -0.462 e. The first-order valence-electron chi connectivity index (χ1n) is 29.3. The normalized spacial score (nSPS) is 13.6. The maximum absolute atomic E-state index is 12.3. The van der Waals surface area contributed by atoms with Crippen molar-refractivity contribution in [1.82, 2.24) is 0 Å². The highest BCUT2D eigenvalue weighted by Crippen LogP contribution is 2.13. The minimum atomic E-state index is -0.805. The van der Waals surface area contributed by atoms with Crippen molar-refractivity contribution in [2.24, 2.45) is 0 Å². The Morgan fingerprint density at radius 1 is 0.311 bits per heavy atom. The first-order chi connectivity index (χ1) is 36.6. The van der Waals surface area contributed by atoms with E-state index in [2.05, 4.69) is 196 Å². The lowest BCUT2D eigenvalue weighted by atomic mass is 10.1. The Morgan fingerprint density at radius 2 is 0.541 bits per heavy atom. The van der Waals surface area contributed by atoms with Crippen LogP contribution in [0.15, 0.2) is 182 Å². The maximum Gasteiger partial charge on any atom is 0.306 e. The summed E-state index contributed by atoms with van der Waals surface area (Å²) in [6.07, 6.45) is 98.5. The van der Waals surface area contributed by atoms with Crippen LogP contribution in [0.25, 0.3) is 0 Å². The predicted octanol–water partition coefficient (Wildman–Crippen LogP) is 20.3. The average Bonchev–Trinajstić information content (AvgIpc) is 3.40. The van der Waals surface area contributed by atoms with E-state index in [0.29, 0.717) is 12.8 Å². The van der Waals surface area contributed by atoms with Crippen molar-refractivity contribution in [2.75, 3.05) is 13.2 Å². The van der Waals surface area contributed by atoms with Crippen LogP contribution >= 0.6 is 0 Å². The smallest absolute Gasteiger partial charge is 0.306 e. The third-order valence-corrected chi connectivity index (χ3v) is 11.7. The molecule has 5 nitrogen and oxygen atoms in total. The van der Waals surface area contributed by atoms with E-state index in [0.717, 1.165) is 154 Å². The Kier molecular flexibility index (Phi) is 58.1. The van der Waals surface area contributed by atoms with E-state index in [9.17, 15) is 14.7 Å². The number of ether oxygens (including phenoxy) is 2. The highest BCUT2D eigenvalue weighted by molar-refractivity contribution is 5.70. The molecule has 74 heavy (non-hydrogen) atoms. The zero-order chi connectivity index (χ0) is 53.4. The van der Waals surface area contributed by atoms with Crippen LogP contribution in [0.2, 0.25) is 0 Å². The van der Waals surface area contributed by atoms with Crippen LogP contribution in [-0.2, 0) is 19.1 Å². The molecule has 1 unspecified atom stereocenters. The molecule has 0 spiro atoms. The summed E-state index contributed by atoms with van der Waals surface area (Å²) in [6, 6.07) is 0. The highest BCUT2D eigenvalue weighted by atomic mass is 16.6. The maximum atomic E-state index is 12.3. The van der Waals surface area contributed by atoms with Gasteiger partial charge in [0.25, 0.3) is 0 Å². The first-order valence-corrected chi connectivity index (χ1v) is 29.3. The molecule has 1 N–H and O–H groups in total. The Morgan fingerprint density at radius 3 is 0.811 bits per heavy atom. The van der Waals surface area contributed by atoms with Crippen molar-refractivity contribution in [3.63, 3.8) is 0 Å². The van der Waals surface area contributed by atoms with Crippen LogP contribution in [-0.4, -0.2) is 36.4 Å². The number of unbranched alkanes of at least 4 members (excludes halogenated alkanes) is 13. The lowest BCUT2D eigenvalue weighted by Crippen LogP contribution is -2.28. The molecule has 0 aromatic heterocycles. The second-order valence-corrected chi connectivity index (χ2v) is 18.6. The molecule has 0 radical (unpaired) electrons. The Balaban J connectivity index is 3.66. The summed E-state index contributed by atoms with van der Waals surface area (Å²) in [5, 5.41) is 9.66. The van der Waals surface area contributed by atoms with Crippen molar-refractivity contribution in [3.05, 3.63) is 182 Å². The number of rotatable bonds is 51. The summed E-state index contributed by atoms with van der Waals surface area (Å²) in [4.78, 5) is 24.6. The van der Waals surface area contributed by atoms with Gasteiger partial charge in [-0.2, -0.15) is 0 Å². The van der Waals surface area contributed by atoms with E-state index in [1.54, 1.807) is 0 Å². The summed E-state index contributed by atoms with van der Waals surface area (Å²) < 4.78 is 10.7. The van der Waals surface area contributed by atoms with Crippen LogP contribution in [0, 0.1) is 0 Å². The van der Waals surface area contributed by atoms with Crippen molar-refractivity contribution < 1.29 is 24.2 Å². The van der Waals surface area contributed by atoms with E-state index in [4.69, 9.17) is 9.47 Å². The predicted molar refractivity (Wildman–Crippen MR) is 324 cm³/mol. The van der Waals surface area contributed by atoms with Gasteiger partial charge in [0.1, 0.15) is 6.61 Å². The lowest BCUT2D eigenvalue weighted by molar-refractivity contribution is -0.161. The van der Waals surface area contributed by atoms with Crippen LogP contribution in [0.5, 0.6) is 0 Å². The number of hydrogen-bond acceptors (Lipinski definition) is 5. The van der Waals surface area contributed by atoms with Gasteiger partial charge in [0.15, 0.2) is 6.10 Å². The fraction of sp³-hybridized carbons (Fsp3) is 0.536. The van der Waals surface area contributed by atoms with Gasteiger partial charge >= 0.3 is 11.9 Å². The SMILES string of the molecule is CC/C=C\C/C=C\C/C=C\C/C=C\C/C=C\C/C=C\C/C=C\C/C=C\CCCCCCC(=O)OC(CO)COC(=O)CCCCCCCCCCC/C=C\C/C=C\C/C=C\C/C=C\C/C=C\C/C=C\C/C=C\CC. The van der Waals surface area contributed by atoms with Crippen molar-refractivity contribution >= 4 is 11.9 Å². The third-order valence-electron chi connectivity index (χ3n) is 11.7. The monoisotopic (exact) mass is 1010 g/mol. The van der Waals surface area contributed by atoms with Gasteiger partial charge in [-0.25, -0.2) is 0 Å². The van der Waals surface area contributed by atoms with Gasteiger partial charge in [0.05, 0.1) is 6.61 Å². The Bertz CT molecular complexity index is 1720. The Hall–Kier alpha value is -5.00. The summed E-state index contributed by atoms with van der Waals surface area (Å²) in [6.45, 7) is 3.87. The van der Waals surface area contributed by atoms with E-state index >= 15 is 0 Å². The average molecular weight is 1020 g/mol. The molecule has 0 aromatic rings. The van der Waals surface area contributed by atoms with E-state index < -0.39 is 6.10 Å². The van der Waals surface area contributed by atoms with Crippen LogP contribution in [0.4, 0.5) is 0 Å². The van der Waals surface area contributed by atoms with Gasteiger partial charge < -0.3 is 14.6 Å². The van der Waals surface area contributed by atoms with Gasteiger partial charge in [0, 0.05) is 12.8 Å². The van der Waals surface area contributed by atoms with Crippen molar-refractivity contribution in [3.8, 4) is 0 Å². The highest BCUT2D eigenvalue weighted by Gasteiger charge is 2.16. The fourth-order valence-corrected chi connectivity index (χ4v) is 7.37. The topological polar surface area (TPSA) is 72.8 Å². The number of esters is 2. The zero-order valence-corrected chi connectivity index (χ0v) is 47.0. The molecule has 0 aliphatic heterocycles.